The Bertz CT molecular complexity index is 683. The normalized spacial score (nSPS) is 16.5. The van der Waals surface area contributed by atoms with Crippen molar-refractivity contribution in [1.29, 1.82) is 0 Å². The number of carbonyl (C=O) groups excluding carboxylic acids is 1. The number of rotatable bonds is 6. The lowest BCUT2D eigenvalue weighted by atomic mass is 9.83. The Morgan fingerprint density at radius 3 is 3.17 bits per heavy atom. The standard InChI is InChI=1S/C18H24N4O2/c1-24-10-9-22-13-16(12-20-22)21-18(23)19-11-15-7-4-6-14-5-2-3-8-17(14)15/h2-3,5,8,12-13,15H,4,6-7,9-11H2,1H3,(H2,19,21,23)/t15-/m1/s1. The number of urea groups is 1. The zero-order valence-corrected chi connectivity index (χ0v) is 14.0. The van der Waals surface area contributed by atoms with E-state index in [1.54, 1.807) is 24.2 Å². The number of hydrogen-bond acceptors (Lipinski definition) is 3. The zero-order valence-electron chi connectivity index (χ0n) is 14.0. The van der Waals surface area contributed by atoms with Crippen molar-refractivity contribution in [3.63, 3.8) is 0 Å². The van der Waals surface area contributed by atoms with Gasteiger partial charge in [-0.15, -0.1) is 0 Å². The predicted octanol–water partition coefficient (Wildman–Crippen LogP) is 2.77. The van der Waals surface area contributed by atoms with Crippen molar-refractivity contribution in [2.24, 2.45) is 0 Å². The van der Waals surface area contributed by atoms with Crippen LogP contribution in [0.1, 0.15) is 29.9 Å². The van der Waals surface area contributed by atoms with E-state index in [1.165, 1.54) is 17.5 Å². The van der Waals surface area contributed by atoms with Crippen LogP contribution in [0.2, 0.25) is 0 Å². The van der Waals surface area contributed by atoms with Crippen molar-refractivity contribution in [3.8, 4) is 0 Å². The molecule has 1 aromatic carbocycles. The first-order chi connectivity index (χ1) is 11.8. The fraction of sp³-hybridized carbons (Fsp3) is 0.444. The zero-order chi connectivity index (χ0) is 16.8. The van der Waals surface area contributed by atoms with E-state index in [9.17, 15) is 4.79 Å². The molecule has 1 aromatic heterocycles. The molecule has 6 nitrogen and oxygen atoms in total. The van der Waals surface area contributed by atoms with Gasteiger partial charge in [0.2, 0.25) is 0 Å². The van der Waals surface area contributed by atoms with Crippen molar-refractivity contribution in [3.05, 3.63) is 47.8 Å². The quantitative estimate of drug-likeness (QED) is 0.857. The van der Waals surface area contributed by atoms with E-state index in [1.807, 2.05) is 0 Å². The van der Waals surface area contributed by atoms with Crippen LogP contribution in [0.4, 0.5) is 10.5 Å². The molecule has 0 unspecified atom stereocenters. The predicted molar refractivity (Wildman–Crippen MR) is 93.2 cm³/mol. The van der Waals surface area contributed by atoms with Crippen LogP contribution in [-0.2, 0) is 17.7 Å². The number of fused-ring (bicyclic) bond motifs is 1. The van der Waals surface area contributed by atoms with Crippen LogP contribution < -0.4 is 10.6 Å². The van der Waals surface area contributed by atoms with E-state index in [-0.39, 0.29) is 6.03 Å². The molecule has 1 aliphatic rings. The van der Waals surface area contributed by atoms with Gasteiger partial charge in [0.25, 0.3) is 0 Å². The van der Waals surface area contributed by atoms with E-state index in [0.717, 1.165) is 12.8 Å². The molecule has 24 heavy (non-hydrogen) atoms. The van der Waals surface area contributed by atoms with Crippen molar-refractivity contribution < 1.29 is 9.53 Å². The van der Waals surface area contributed by atoms with E-state index in [0.29, 0.717) is 31.3 Å². The minimum atomic E-state index is -0.190. The number of nitrogens with zero attached hydrogens (tertiary/aromatic N) is 2. The maximum absolute atomic E-state index is 12.1. The van der Waals surface area contributed by atoms with Crippen LogP contribution in [-0.4, -0.2) is 36.1 Å². The van der Waals surface area contributed by atoms with Gasteiger partial charge in [-0.1, -0.05) is 24.3 Å². The van der Waals surface area contributed by atoms with Gasteiger partial charge in [-0.2, -0.15) is 5.10 Å². The third-order valence-corrected chi connectivity index (χ3v) is 4.42. The average molecular weight is 328 g/mol. The second-order valence-corrected chi connectivity index (χ2v) is 6.11. The number of ether oxygens (including phenoxy) is 1. The van der Waals surface area contributed by atoms with Gasteiger partial charge in [-0.05, 0) is 30.4 Å². The molecule has 1 aliphatic carbocycles. The van der Waals surface area contributed by atoms with Crippen LogP contribution >= 0.6 is 0 Å². The Kier molecular flexibility index (Phi) is 5.48. The summed E-state index contributed by atoms with van der Waals surface area (Å²) < 4.78 is 6.76. The molecule has 0 spiro atoms. The van der Waals surface area contributed by atoms with E-state index < -0.39 is 0 Å². The second-order valence-electron chi connectivity index (χ2n) is 6.11. The number of amides is 2. The SMILES string of the molecule is COCCn1cc(NC(=O)NC[C@H]2CCCc3ccccc32)cn1. The number of benzene rings is 1. The van der Waals surface area contributed by atoms with Crippen LogP contribution in [0, 0.1) is 0 Å². The van der Waals surface area contributed by atoms with Gasteiger partial charge in [0.05, 0.1) is 25.0 Å². The summed E-state index contributed by atoms with van der Waals surface area (Å²) in [5.74, 6) is 0.394. The first-order valence-corrected chi connectivity index (χ1v) is 8.40. The Labute approximate surface area is 142 Å². The molecule has 1 atom stereocenters. The molecule has 2 aromatic rings. The van der Waals surface area contributed by atoms with Crippen LogP contribution in [0.15, 0.2) is 36.7 Å². The molecule has 0 aliphatic heterocycles. The minimum absolute atomic E-state index is 0.190. The summed E-state index contributed by atoms with van der Waals surface area (Å²) in [5, 5.41) is 9.99. The number of nitrogens with one attached hydrogen (secondary N) is 2. The maximum Gasteiger partial charge on any atom is 0.319 e. The molecular weight excluding hydrogens is 304 g/mol. The molecular formula is C18H24N4O2. The number of anilines is 1. The first kappa shape index (κ1) is 16.5. The Hall–Kier alpha value is -2.34. The summed E-state index contributed by atoms with van der Waals surface area (Å²) in [4.78, 5) is 12.1. The van der Waals surface area contributed by atoms with E-state index >= 15 is 0 Å². The van der Waals surface area contributed by atoms with Crippen molar-refractivity contribution >= 4 is 11.7 Å². The Morgan fingerprint density at radius 2 is 2.29 bits per heavy atom. The van der Waals surface area contributed by atoms with Gasteiger partial charge < -0.3 is 15.4 Å². The number of aromatic nitrogens is 2. The van der Waals surface area contributed by atoms with Gasteiger partial charge in [-0.3, -0.25) is 4.68 Å². The van der Waals surface area contributed by atoms with Gasteiger partial charge >= 0.3 is 6.03 Å². The lowest BCUT2D eigenvalue weighted by Crippen LogP contribution is -2.33. The number of carbonyl (C=O) groups is 1. The van der Waals surface area contributed by atoms with Crippen LogP contribution in [0.5, 0.6) is 0 Å². The Balaban J connectivity index is 1.50. The van der Waals surface area contributed by atoms with Crippen LogP contribution in [0.3, 0.4) is 0 Å². The minimum Gasteiger partial charge on any atom is -0.383 e. The molecule has 0 bridgehead atoms. The molecule has 128 valence electrons. The van der Waals surface area contributed by atoms with Crippen molar-refractivity contribution in [2.75, 3.05) is 25.6 Å². The van der Waals surface area contributed by atoms with E-state index in [2.05, 4.69) is 40.0 Å². The summed E-state index contributed by atoms with van der Waals surface area (Å²) in [5.41, 5.74) is 3.47. The first-order valence-electron chi connectivity index (χ1n) is 8.40. The molecule has 0 fully saturated rings. The van der Waals surface area contributed by atoms with E-state index in [4.69, 9.17) is 4.74 Å². The molecule has 1 heterocycles. The smallest absolute Gasteiger partial charge is 0.319 e. The summed E-state index contributed by atoms with van der Waals surface area (Å²) in [6, 6.07) is 8.34. The second kappa shape index (κ2) is 7.97. The summed E-state index contributed by atoms with van der Waals surface area (Å²) in [6.07, 6.45) is 6.88. The van der Waals surface area contributed by atoms with Crippen LogP contribution in [0.25, 0.3) is 0 Å². The maximum atomic E-state index is 12.1. The monoisotopic (exact) mass is 328 g/mol. The van der Waals surface area contributed by atoms with Gasteiger partial charge in [0, 0.05) is 25.8 Å². The summed E-state index contributed by atoms with van der Waals surface area (Å²) in [7, 11) is 1.65. The molecule has 3 rings (SSSR count). The number of aryl methyl sites for hydroxylation is 1. The van der Waals surface area contributed by atoms with Gasteiger partial charge in [0.15, 0.2) is 0 Å². The fourth-order valence-electron chi connectivity index (χ4n) is 3.19. The highest BCUT2D eigenvalue weighted by molar-refractivity contribution is 5.88. The van der Waals surface area contributed by atoms with Gasteiger partial charge in [-0.25, -0.2) is 4.79 Å². The fourth-order valence-corrected chi connectivity index (χ4v) is 3.19. The third kappa shape index (κ3) is 4.14. The Morgan fingerprint density at radius 1 is 1.42 bits per heavy atom. The highest BCUT2D eigenvalue weighted by Gasteiger charge is 2.20. The molecule has 0 saturated heterocycles. The number of hydrogen-bond donors (Lipinski definition) is 2. The topological polar surface area (TPSA) is 68.2 Å². The molecule has 6 heteroatoms. The lowest BCUT2D eigenvalue weighted by Gasteiger charge is -2.25. The largest absolute Gasteiger partial charge is 0.383 e. The van der Waals surface area contributed by atoms with Crippen molar-refractivity contribution in [1.82, 2.24) is 15.1 Å². The summed E-state index contributed by atoms with van der Waals surface area (Å²) >= 11 is 0. The number of methoxy groups -OCH3 is 1. The lowest BCUT2D eigenvalue weighted by molar-refractivity contribution is 0.183. The summed E-state index contributed by atoms with van der Waals surface area (Å²) in [6.45, 7) is 1.91. The highest BCUT2D eigenvalue weighted by Crippen LogP contribution is 2.30. The third-order valence-electron chi connectivity index (χ3n) is 4.42. The molecule has 0 saturated carbocycles. The van der Waals surface area contributed by atoms with Gasteiger partial charge in [0.1, 0.15) is 0 Å². The molecule has 2 N–H and O–H groups in total. The van der Waals surface area contributed by atoms with Crippen molar-refractivity contribution in [2.45, 2.75) is 31.7 Å². The molecule has 0 radical (unpaired) electrons. The highest BCUT2D eigenvalue weighted by atomic mass is 16.5. The average Bonchev–Trinajstić information content (AvgIpc) is 3.05. The molecule has 2 amide bonds.